The van der Waals surface area contributed by atoms with Crippen LogP contribution in [-0.4, -0.2) is 36.7 Å². The van der Waals surface area contributed by atoms with Gasteiger partial charge in [0.1, 0.15) is 4.90 Å². The van der Waals surface area contributed by atoms with E-state index in [4.69, 9.17) is 0 Å². The molecule has 25 heavy (non-hydrogen) atoms. The van der Waals surface area contributed by atoms with Gasteiger partial charge in [-0.15, -0.1) is 0 Å². The maximum Gasteiger partial charge on any atom is 0.244 e. The highest BCUT2D eigenvalue weighted by molar-refractivity contribution is 7.89. The Labute approximate surface area is 147 Å². The average Bonchev–Trinajstić information content (AvgIpc) is 2.64. The quantitative estimate of drug-likeness (QED) is 0.909. The molecule has 132 valence electrons. The highest BCUT2D eigenvalue weighted by atomic mass is 32.2. The molecule has 1 N–H and O–H groups in total. The van der Waals surface area contributed by atoms with Gasteiger partial charge >= 0.3 is 0 Å². The number of pyridine rings is 1. The Bertz CT molecular complexity index is 845. The lowest BCUT2D eigenvalue weighted by Crippen LogP contribution is -2.41. The number of aryl methyl sites for hydroxylation is 1. The summed E-state index contributed by atoms with van der Waals surface area (Å²) in [6, 6.07) is 10.8. The number of nitrogens with zero attached hydrogens (tertiary/aromatic N) is 2. The van der Waals surface area contributed by atoms with Gasteiger partial charge in [-0.2, -0.15) is 4.31 Å². The van der Waals surface area contributed by atoms with E-state index in [0.29, 0.717) is 25.9 Å². The van der Waals surface area contributed by atoms with Crippen LogP contribution < -0.4 is 5.32 Å². The minimum absolute atomic E-state index is 0.0484. The van der Waals surface area contributed by atoms with Gasteiger partial charge in [0, 0.05) is 37.1 Å². The van der Waals surface area contributed by atoms with E-state index in [1.54, 1.807) is 18.3 Å². The Morgan fingerprint density at radius 3 is 2.52 bits per heavy atom. The van der Waals surface area contributed by atoms with E-state index in [-0.39, 0.29) is 16.7 Å². The molecule has 1 amide bonds. The van der Waals surface area contributed by atoms with E-state index in [1.165, 1.54) is 10.5 Å². The third-order valence-corrected chi connectivity index (χ3v) is 6.38. The molecule has 0 saturated carbocycles. The van der Waals surface area contributed by atoms with Crippen molar-refractivity contribution < 1.29 is 13.2 Å². The Morgan fingerprint density at radius 2 is 1.88 bits per heavy atom. The molecular weight excluding hydrogens is 338 g/mol. The molecular formula is C18H21N3O3S. The van der Waals surface area contributed by atoms with Crippen molar-refractivity contribution in [2.75, 3.05) is 18.4 Å². The van der Waals surface area contributed by atoms with Crippen molar-refractivity contribution in [2.45, 2.75) is 24.7 Å². The summed E-state index contributed by atoms with van der Waals surface area (Å²) < 4.78 is 26.6. The zero-order valence-corrected chi connectivity index (χ0v) is 14.9. The predicted molar refractivity (Wildman–Crippen MR) is 95.5 cm³/mol. The van der Waals surface area contributed by atoms with Gasteiger partial charge in [0.15, 0.2) is 0 Å². The van der Waals surface area contributed by atoms with E-state index >= 15 is 0 Å². The monoisotopic (exact) mass is 359 g/mol. The first-order chi connectivity index (χ1) is 12.0. The van der Waals surface area contributed by atoms with E-state index in [1.807, 2.05) is 31.2 Å². The van der Waals surface area contributed by atoms with Crippen LogP contribution in [0.4, 0.5) is 5.69 Å². The molecule has 1 aliphatic heterocycles. The minimum atomic E-state index is -3.54. The summed E-state index contributed by atoms with van der Waals surface area (Å²) in [5.41, 5.74) is 1.81. The van der Waals surface area contributed by atoms with E-state index in [0.717, 1.165) is 11.3 Å². The van der Waals surface area contributed by atoms with Crippen molar-refractivity contribution in [1.29, 1.82) is 0 Å². The fourth-order valence-electron chi connectivity index (χ4n) is 2.96. The molecule has 0 unspecified atom stereocenters. The Kier molecular flexibility index (Phi) is 5.15. The molecule has 7 heteroatoms. The van der Waals surface area contributed by atoms with Crippen molar-refractivity contribution in [2.24, 2.45) is 5.92 Å². The molecule has 0 spiro atoms. The molecule has 3 rings (SSSR count). The summed E-state index contributed by atoms with van der Waals surface area (Å²) >= 11 is 0. The second kappa shape index (κ2) is 7.33. The fourth-order valence-corrected chi connectivity index (χ4v) is 4.39. The fraction of sp³-hybridized carbons (Fsp3) is 0.333. The number of carbonyl (C=O) groups excluding carboxylic acids is 1. The third kappa shape index (κ3) is 3.88. The number of sulfonamides is 1. The largest absolute Gasteiger partial charge is 0.326 e. The number of para-hydroxylation sites is 1. The van der Waals surface area contributed by atoms with Gasteiger partial charge in [0.05, 0.1) is 0 Å². The standard InChI is InChI=1S/C18H21N3O3S/c1-14-5-2-3-7-17(14)20-18(22)15-8-11-21(12-9-15)25(23,24)16-6-4-10-19-13-16/h2-7,10,13,15H,8-9,11-12H2,1H3,(H,20,22). The highest BCUT2D eigenvalue weighted by Gasteiger charge is 2.32. The van der Waals surface area contributed by atoms with Crippen molar-refractivity contribution in [3.8, 4) is 0 Å². The molecule has 2 aromatic rings. The first kappa shape index (κ1) is 17.6. The molecule has 0 atom stereocenters. The number of benzene rings is 1. The number of aromatic nitrogens is 1. The summed E-state index contributed by atoms with van der Waals surface area (Å²) in [5, 5.41) is 2.95. The van der Waals surface area contributed by atoms with E-state index in [9.17, 15) is 13.2 Å². The molecule has 0 radical (unpaired) electrons. The van der Waals surface area contributed by atoms with Crippen molar-refractivity contribution in [3.63, 3.8) is 0 Å². The molecule has 1 aliphatic rings. The summed E-state index contributed by atoms with van der Waals surface area (Å²) in [5.74, 6) is -0.229. The molecule has 1 aromatic heterocycles. The van der Waals surface area contributed by atoms with Crippen LogP contribution in [-0.2, 0) is 14.8 Å². The first-order valence-electron chi connectivity index (χ1n) is 8.25. The lowest BCUT2D eigenvalue weighted by atomic mass is 9.97. The number of rotatable bonds is 4. The first-order valence-corrected chi connectivity index (χ1v) is 9.69. The molecule has 0 aliphatic carbocycles. The van der Waals surface area contributed by atoms with Crippen LogP contribution >= 0.6 is 0 Å². The smallest absolute Gasteiger partial charge is 0.244 e. The van der Waals surface area contributed by atoms with Crippen molar-refractivity contribution in [1.82, 2.24) is 9.29 Å². The molecule has 1 saturated heterocycles. The van der Waals surface area contributed by atoms with Gasteiger partial charge in [-0.3, -0.25) is 9.78 Å². The van der Waals surface area contributed by atoms with Gasteiger partial charge in [-0.05, 0) is 43.5 Å². The van der Waals surface area contributed by atoms with E-state index < -0.39 is 10.0 Å². The van der Waals surface area contributed by atoms with Crippen LogP contribution in [0.25, 0.3) is 0 Å². The van der Waals surface area contributed by atoms with Gasteiger partial charge in [0.2, 0.25) is 15.9 Å². The molecule has 1 fully saturated rings. The lowest BCUT2D eigenvalue weighted by Gasteiger charge is -2.30. The summed E-state index contributed by atoms with van der Waals surface area (Å²) in [4.78, 5) is 16.5. The number of amides is 1. The van der Waals surface area contributed by atoms with Crippen molar-refractivity contribution in [3.05, 3.63) is 54.4 Å². The van der Waals surface area contributed by atoms with Crippen LogP contribution in [0.15, 0.2) is 53.7 Å². The minimum Gasteiger partial charge on any atom is -0.326 e. The molecule has 1 aromatic carbocycles. The zero-order chi connectivity index (χ0) is 17.9. The molecule has 0 bridgehead atoms. The number of carbonyl (C=O) groups is 1. The van der Waals surface area contributed by atoms with Gasteiger partial charge in [-0.1, -0.05) is 18.2 Å². The summed E-state index contributed by atoms with van der Waals surface area (Å²) in [6.45, 7) is 2.62. The lowest BCUT2D eigenvalue weighted by molar-refractivity contribution is -0.120. The number of hydrogen-bond acceptors (Lipinski definition) is 4. The van der Waals surface area contributed by atoms with Gasteiger partial charge < -0.3 is 5.32 Å². The van der Waals surface area contributed by atoms with E-state index in [2.05, 4.69) is 10.3 Å². The predicted octanol–water partition coefficient (Wildman–Crippen LogP) is 2.43. The van der Waals surface area contributed by atoms with Crippen LogP contribution in [0.5, 0.6) is 0 Å². The maximum absolute atomic E-state index is 12.6. The van der Waals surface area contributed by atoms with Crippen LogP contribution in [0, 0.1) is 12.8 Å². The normalized spacial score (nSPS) is 16.5. The Balaban J connectivity index is 1.62. The van der Waals surface area contributed by atoms with Crippen LogP contribution in [0.2, 0.25) is 0 Å². The zero-order valence-electron chi connectivity index (χ0n) is 14.1. The second-order valence-corrected chi connectivity index (χ2v) is 8.11. The topological polar surface area (TPSA) is 79.4 Å². The maximum atomic E-state index is 12.6. The number of nitrogens with one attached hydrogen (secondary N) is 1. The summed E-state index contributed by atoms with van der Waals surface area (Å²) in [7, 11) is -3.54. The number of piperidine rings is 1. The molecule has 6 nitrogen and oxygen atoms in total. The van der Waals surface area contributed by atoms with Crippen LogP contribution in [0.3, 0.4) is 0 Å². The Morgan fingerprint density at radius 1 is 1.16 bits per heavy atom. The van der Waals surface area contributed by atoms with Gasteiger partial charge in [-0.25, -0.2) is 8.42 Å². The Hall–Kier alpha value is -2.25. The third-order valence-electron chi connectivity index (χ3n) is 4.50. The summed E-state index contributed by atoms with van der Waals surface area (Å²) in [6.07, 6.45) is 3.92. The second-order valence-electron chi connectivity index (χ2n) is 6.17. The number of hydrogen-bond donors (Lipinski definition) is 1. The van der Waals surface area contributed by atoms with Crippen molar-refractivity contribution >= 4 is 21.6 Å². The average molecular weight is 359 g/mol. The van der Waals surface area contributed by atoms with Crippen LogP contribution in [0.1, 0.15) is 18.4 Å². The number of anilines is 1. The molecule has 2 heterocycles. The SMILES string of the molecule is Cc1ccccc1NC(=O)C1CCN(S(=O)(=O)c2cccnc2)CC1. The van der Waals surface area contributed by atoms with Gasteiger partial charge in [0.25, 0.3) is 0 Å². The highest BCUT2D eigenvalue weighted by Crippen LogP contribution is 2.25.